The molecule has 0 fully saturated rings. The van der Waals surface area contributed by atoms with Crippen molar-refractivity contribution in [1.29, 1.82) is 0 Å². The molecule has 0 radical (unpaired) electrons. The molecule has 0 N–H and O–H groups in total. The Bertz CT molecular complexity index is 656. The lowest BCUT2D eigenvalue weighted by Gasteiger charge is -2.08. The predicted molar refractivity (Wildman–Crippen MR) is 78.2 cm³/mol. The molecule has 0 bridgehead atoms. The molecule has 8 heteroatoms. The van der Waals surface area contributed by atoms with Gasteiger partial charge in [-0.2, -0.15) is 0 Å². The van der Waals surface area contributed by atoms with E-state index in [9.17, 15) is 14.9 Å². The van der Waals surface area contributed by atoms with E-state index in [2.05, 4.69) is 9.72 Å². The molecule has 0 aliphatic rings. The fourth-order valence-corrected chi connectivity index (χ4v) is 3.39. The molecule has 1 atom stereocenters. The second kappa shape index (κ2) is 6.19. The van der Waals surface area contributed by atoms with Crippen LogP contribution in [0.4, 0.5) is 5.69 Å². The second-order valence-corrected chi connectivity index (χ2v) is 6.05. The minimum Gasteiger partial charge on any atom is -0.469 e. The van der Waals surface area contributed by atoms with Gasteiger partial charge in [0, 0.05) is 5.75 Å². The number of nitro groups is 1. The molecule has 1 heterocycles. The van der Waals surface area contributed by atoms with Gasteiger partial charge in [-0.15, -0.1) is 23.1 Å². The number of carbonyl (C=O) groups excluding carboxylic acids is 1. The number of esters is 1. The van der Waals surface area contributed by atoms with Gasteiger partial charge in [0.25, 0.3) is 0 Å². The monoisotopic (exact) mass is 312 g/mol. The van der Waals surface area contributed by atoms with E-state index < -0.39 is 4.92 Å². The Balaban J connectivity index is 2.27. The number of ether oxygens (including phenoxy) is 1. The average molecular weight is 312 g/mol. The van der Waals surface area contributed by atoms with Crippen LogP contribution in [-0.4, -0.2) is 28.7 Å². The smallest absolute Gasteiger partial charge is 0.309 e. The van der Waals surface area contributed by atoms with Crippen LogP contribution in [0.15, 0.2) is 22.5 Å². The minimum atomic E-state index is -0.423. The SMILES string of the molecule is COC(=O)C(C)CSc1ccc2scnc2c1[N+](=O)[O-]. The first-order valence-electron chi connectivity index (χ1n) is 5.75. The summed E-state index contributed by atoms with van der Waals surface area (Å²) in [6, 6.07) is 3.51. The second-order valence-electron chi connectivity index (χ2n) is 4.10. The van der Waals surface area contributed by atoms with Gasteiger partial charge in [0.05, 0.1) is 33.1 Å². The summed E-state index contributed by atoms with van der Waals surface area (Å²) in [5, 5.41) is 11.2. The Hall–Kier alpha value is -1.67. The highest BCUT2D eigenvalue weighted by molar-refractivity contribution is 7.99. The first-order valence-corrected chi connectivity index (χ1v) is 7.62. The molecular weight excluding hydrogens is 300 g/mol. The van der Waals surface area contributed by atoms with E-state index in [0.717, 1.165) is 4.70 Å². The van der Waals surface area contributed by atoms with E-state index in [0.29, 0.717) is 16.2 Å². The highest BCUT2D eigenvalue weighted by Crippen LogP contribution is 2.37. The highest BCUT2D eigenvalue weighted by Gasteiger charge is 2.22. The highest BCUT2D eigenvalue weighted by atomic mass is 32.2. The van der Waals surface area contributed by atoms with Gasteiger partial charge in [-0.05, 0) is 12.1 Å². The normalized spacial score (nSPS) is 12.3. The third-order valence-electron chi connectivity index (χ3n) is 2.71. The van der Waals surface area contributed by atoms with E-state index in [1.54, 1.807) is 18.5 Å². The lowest BCUT2D eigenvalue weighted by molar-refractivity contribution is -0.386. The van der Waals surface area contributed by atoms with E-state index in [1.807, 2.05) is 6.07 Å². The third-order valence-corrected chi connectivity index (χ3v) is 4.81. The number of nitro benzene ring substituents is 1. The summed E-state index contributed by atoms with van der Waals surface area (Å²) in [4.78, 5) is 26.7. The average Bonchev–Trinajstić information content (AvgIpc) is 2.90. The number of rotatable bonds is 5. The van der Waals surface area contributed by atoms with Gasteiger partial charge in [-0.25, -0.2) is 4.98 Å². The number of carbonyl (C=O) groups is 1. The molecule has 0 saturated carbocycles. The Morgan fingerprint density at radius 1 is 1.60 bits per heavy atom. The topological polar surface area (TPSA) is 82.3 Å². The van der Waals surface area contributed by atoms with Crippen molar-refractivity contribution < 1.29 is 14.5 Å². The van der Waals surface area contributed by atoms with Crippen molar-refractivity contribution in [1.82, 2.24) is 4.98 Å². The van der Waals surface area contributed by atoms with Crippen LogP contribution in [0.2, 0.25) is 0 Å². The van der Waals surface area contributed by atoms with Crippen LogP contribution in [0.1, 0.15) is 6.92 Å². The van der Waals surface area contributed by atoms with Crippen LogP contribution >= 0.6 is 23.1 Å². The van der Waals surface area contributed by atoms with Crippen molar-refractivity contribution in [3.05, 3.63) is 27.8 Å². The maximum Gasteiger partial charge on any atom is 0.309 e. The zero-order valence-electron chi connectivity index (χ0n) is 10.9. The van der Waals surface area contributed by atoms with Gasteiger partial charge in [-0.3, -0.25) is 14.9 Å². The summed E-state index contributed by atoms with van der Waals surface area (Å²) in [5.74, 6) is -0.228. The fraction of sp³-hybridized carbons (Fsp3) is 0.333. The minimum absolute atomic E-state index is 0.00539. The zero-order chi connectivity index (χ0) is 14.7. The van der Waals surface area contributed by atoms with Crippen LogP contribution in [0.25, 0.3) is 10.2 Å². The Morgan fingerprint density at radius 3 is 3.00 bits per heavy atom. The van der Waals surface area contributed by atoms with Crippen molar-refractivity contribution >= 4 is 45.0 Å². The van der Waals surface area contributed by atoms with Crippen LogP contribution in [-0.2, 0) is 9.53 Å². The maximum absolute atomic E-state index is 11.3. The molecular formula is C12H12N2O4S2. The summed E-state index contributed by atoms with van der Waals surface area (Å²) >= 11 is 2.63. The molecule has 0 saturated heterocycles. The van der Waals surface area contributed by atoms with Gasteiger partial charge in [-0.1, -0.05) is 6.92 Å². The number of hydrogen-bond donors (Lipinski definition) is 0. The van der Waals surface area contributed by atoms with E-state index in [-0.39, 0.29) is 17.6 Å². The van der Waals surface area contributed by atoms with Gasteiger partial charge in [0.2, 0.25) is 0 Å². The largest absolute Gasteiger partial charge is 0.469 e. The quantitative estimate of drug-likeness (QED) is 0.365. The molecule has 0 amide bonds. The molecule has 20 heavy (non-hydrogen) atoms. The van der Waals surface area contributed by atoms with Crippen LogP contribution in [0.5, 0.6) is 0 Å². The molecule has 2 rings (SSSR count). The molecule has 106 valence electrons. The molecule has 0 aliphatic carbocycles. The molecule has 0 spiro atoms. The first kappa shape index (κ1) is 14.7. The van der Waals surface area contributed by atoms with Crippen molar-refractivity contribution in [2.45, 2.75) is 11.8 Å². The molecule has 1 aromatic carbocycles. The Labute approximate surface area is 123 Å². The fourth-order valence-electron chi connectivity index (χ4n) is 1.68. The van der Waals surface area contributed by atoms with Crippen molar-refractivity contribution in [3.8, 4) is 0 Å². The van der Waals surface area contributed by atoms with Crippen molar-refractivity contribution in [2.24, 2.45) is 5.92 Å². The lowest BCUT2D eigenvalue weighted by Crippen LogP contribution is -2.14. The van der Waals surface area contributed by atoms with Gasteiger partial charge in [0.15, 0.2) is 5.52 Å². The number of benzene rings is 1. The van der Waals surface area contributed by atoms with E-state index in [1.165, 1.54) is 30.2 Å². The van der Waals surface area contributed by atoms with Gasteiger partial charge >= 0.3 is 11.7 Å². The van der Waals surface area contributed by atoms with Crippen LogP contribution in [0.3, 0.4) is 0 Å². The first-order chi connectivity index (χ1) is 9.54. The number of thiazole rings is 1. The van der Waals surface area contributed by atoms with Crippen molar-refractivity contribution in [3.63, 3.8) is 0 Å². The summed E-state index contributed by atoms with van der Waals surface area (Å²) < 4.78 is 5.42. The van der Waals surface area contributed by atoms with Crippen LogP contribution in [0, 0.1) is 16.0 Å². The molecule has 6 nitrogen and oxygen atoms in total. The lowest BCUT2D eigenvalue weighted by atomic mass is 10.2. The standard InChI is InChI=1S/C12H12N2O4S2/c1-7(12(15)18-2)5-19-9-4-3-8-10(13-6-20-8)11(9)14(16)17/h3-4,6-7H,5H2,1-2H3. The molecule has 0 aliphatic heterocycles. The summed E-state index contributed by atoms with van der Waals surface area (Å²) in [7, 11) is 1.33. The van der Waals surface area contributed by atoms with Gasteiger partial charge < -0.3 is 4.74 Å². The van der Waals surface area contributed by atoms with Crippen LogP contribution < -0.4 is 0 Å². The number of thioether (sulfide) groups is 1. The van der Waals surface area contributed by atoms with E-state index in [4.69, 9.17) is 0 Å². The third kappa shape index (κ3) is 2.91. The number of fused-ring (bicyclic) bond motifs is 1. The molecule has 1 unspecified atom stereocenters. The number of nitrogens with zero attached hydrogens (tertiary/aromatic N) is 2. The molecule has 1 aromatic heterocycles. The summed E-state index contributed by atoms with van der Waals surface area (Å²) in [6.45, 7) is 1.73. The van der Waals surface area contributed by atoms with Crippen molar-refractivity contribution in [2.75, 3.05) is 12.9 Å². The number of aromatic nitrogens is 1. The number of hydrogen-bond acceptors (Lipinski definition) is 7. The Kier molecular flexibility index (Phi) is 4.56. The predicted octanol–water partition coefficient (Wildman–Crippen LogP) is 3.11. The summed E-state index contributed by atoms with van der Waals surface area (Å²) in [6.07, 6.45) is 0. The Morgan fingerprint density at radius 2 is 2.35 bits per heavy atom. The summed E-state index contributed by atoms with van der Waals surface area (Å²) in [5.41, 5.74) is 1.99. The van der Waals surface area contributed by atoms with Gasteiger partial charge in [0.1, 0.15) is 0 Å². The van der Waals surface area contributed by atoms with E-state index >= 15 is 0 Å². The number of methoxy groups -OCH3 is 1. The molecule has 2 aromatic rings. The maximum atomic E-state index is 11.3. The zero-order valence-corrected chi connectivity index (χ0v) is 12.5.